The van der Waals surface area contributed by atoms with Gasteiger partial charge in [-0.3, -0.25) is 9.69 Å². The highest BCUT2D eigenvalue weighted by Crippen LogP contribution is 2.54. The number of rotatable bonds is 3. The van der Waals surface area contributed by atoms with E-state index in [1.807, 2.05) is 0 Å². The van der Waals surface area contributed by atoms with Gasteiger partial charge in [-0.05, 0) is 80.0 Å². The van der Waals surface area contributed by atoms with E-state index in [9.17, 15) is 4.79 Å². The minimum absolute atomic E-state index is 0.156. The molecule has 1 aromatic carbocycles. The molecule has 4 heteroatoms. The van der Waals surface area contributed by atoms with Crippen LogP contribution in [0.1, 0.15) is 60.7 Å². The lowest BCUT2D eigenvalue weighted by molar-refractivity contribution is -0.00138. The Hall–Kier alpha value is -1.39. The van der Waals surface area contributed by atoms with Gasteiger partial charge in [0.2, 0.25) is 0 Å². The molecule has 2 aliphatic carbocycles. The molecule has 4 heterocycles. The average molecular weight is 367 g/mol. The second-order valence-corrected chi connectivity index (χ2v) is 10.3. The second-order valence-electron chi connectivity index (χ2n) is 9.27. The Labute approximate surface area is 158 Å². The molecule has 1 atom stereocenters. The number of benzene rings is 1. The van der Waals surface area contributed by atoms with E-state index in [-0.39, 0.29) is 5.91 Å². The molecule has 3 aliphatic heterocycles. The van der Waals surface area contributed by atoms with Crippen LogP contribution in [0.5, 0.6) is 0 Å². The maximum Gasteiger partial charge on any atom is 0.261 e. The summed E-state index contributed by atoms with van der Waals surface area (Å²) >= 11 is 1.70. The van der Waals surface area contributed by atoms with Crippen LogP contribution in [-0.2, 0) is 5.41 Å². The number of piperidine rings is 3. The Morgan fingerprint density at radius 3 is 2.65 bits per heavy atom. The zero-order chi connectivity index (χ0) is 17.5. The number of carbonyl (C=O) groups is 1. The molecule has 1 amide bonds. The van der Waals surface area contributed by atoms with Crippen molar-refractivity contribution in [1.29, 1.82) is 0 Å². The van der Waals surface area contributed by atoms with Crippen LogP contribution < -0.4 is 5.32 Å². The molecule has 0 radical (unpaired) electrons. The summed E-state index contributed by atoms with van der Waals surface area (Å²) in [5, 5.41) is 4.72. The molecular formula is C22H26N2OS. The summed E-state index contributed by atoms with van der Waals surface area (Å²) in [4.78, 5) is 16.7. The van der Waals surface area contributed by atoms with Gasteiger partial charge in [0.05, 0.1) is 10.9 Å². The van der Waals surface area contributed by atoms with E-state index in [2.05, 4.69) is 41.4 Å². The zero-order valence-corrected chi connectivity index (χ0v) is 16.2. The predicted octanol–water partition coefficient (Wildman–Crippen LogP) is 4.31. The maximum atomic E-state index is 13.1. The van der Waals surface area contributed by atoms with E-state index in [1.54, 1.807) is 11.3 Å². The van der Waals surface area contributed by atoms with Crippen molar-refractivity contribution in [3.05, 3.63) is 34.7 Å². The smallest absolute Gasteiger partial charge is 0.261 e. The van der Waals surface area contributed by atoms with Crippen LogP contribution in [0, 0.1) is 5.92 Å². The van der Waals surface area contributed by atoms with Gasteiger partial charge >= 0.3 is 0 Å². The summed E-state index contributed by atoms with van der Waals surface area (Å²) < 4.78 is 1.33. The first-order valence-corrected chi connectivity index (χ1v) is 11.0. The Kier molecular flexibility index (Phi) is 3.07. The summed E-state index contributed by atoms with van der Waals surface area (Å²) in [5.74, 6) is 0.838. The third-order valence-corrected chi connectivity index (χ3v) is 8.87. The highest BCUT2D eigenvalue weighted by molar-refractivity contribution is 7.21. The second kappa shape index (κ2) is 5.11. The number of fused-ring (bicyclic) bond motifs is 3. The molecule has 3 saturated heterocycles. The standard InChI is InChI=1S/C22H26N2OS/c1-21(7-8-21)16-4-2-3-15-13-17(26-18(15)16)20(25)23-19-14-5-11-24(12-6-14)22(19)9-10-22/h2-4,13-14,19H,5-12H2,1H3,(H,23,25)/t19-/m0/s1. The molecule has 1 spiro atoms. The first-order chi connectivity index (χ1) is 12.6. The highest BCUT2D eigenvalue weighted by Gasteiger charge is 2.60. The van der Waals surface area contributed by atoms with Crippen LogP contribution >= 0.6 is 11.3 Å². The lowest BCUT2D eigenvalue weighted by Crippen LogP contribution is -2.65. The van der Waals surface area contributed by atoms with Gasteiger partial charge in [0.15, 0.2) is 0 Å². The van der Waals surface area contributed by atoms with Crippen LogP contribution in [0.15, 0.2) is 24.3 Å². The van der Waals surface area contributed by atoms with E-state index in [0.29, 0.717) is 22.9 Å². The van der Waals surface area contributed by atoms with Crippen molar-refractivity contribution in [3.8, 4) is 0 Å². The fourth-order valence-corrected chi connectivity index (χ4v) is 6.87. The summed E-state index contributed by atoms with van der Waals surface area (Å²) in [7, 11) is 0. The van der Waals surface area contributed by atoms with Gasteiger partial charge in [-0.15, -0.1) is 11.3 Å². The molecule has 5 fully saturated rings. The van der Waals surface area contributed by atoms with Crippen molar-refractivity contribution in [3.63, 3.8) is 0 Å². The molecular weight excluding hydrogens is 340 g/mol. The molecule has 136 valence electrons. The molecule has 3 nitrogen and oxygen atoms in total. The summed E-state index contributed by atoms with van der Waals surface area (Å²) in [6.45, 7) is 4.83. The fourth-order valence-electron chi connectivity index (χ4n) is 5.64. The van der Waals surface area contributed by atoms with Crippen LogP contribution in [0.4, 0.5) is 0 Å². The van der Waals surface area contributed by atoms with Gasteiger partial charge < -0.3 is 5.32 Å². The van der Waals surface area contributed by atoms with E-state index in [0.717, 1.165) is 4.88 Å². The van der Waals surface area contributed by atoms with Gasteiger partial charge in [0.25, 0.3) is 5.91 Å². The first kappa shape index (κ1) is 15.6. The lowest BCUT2D eigenvalue weighted by atomic mass is 9.77. The summed E-state index contributed by atoms with van der Waals surface area (Å²) in [5.41, 5.74) is 2.09. The molecule has 2 bridgehead atoms. The van der Waals surface area contributed by atoms with Crippen molar-refractivity contribution in [2.75, 3.05) is 13.1 Å². The normalized spacial score (nSPS) is 32.7. The lowest BCUT2D eigenvalue weighted by Gasteiger charge is -2.52. The third kappa shape index (κ3) is 2.12. The molecule has 5 aliphatic rings. The van der Waals surface area contributed by atoms with E-state index in [1.165, 1.54) is 67.3 Å². The minimum Gasteiger partial charge on any atom is -0.346 e. The van der Waals surface area contributed by atoms with E-state index < -0.39 is 0 Å². The third-order valence-electron chi connectivity index (χ3n) is 7.69. The number of nitrogens with zero attached hydrogens (tertiary/aromatic N) is 1. The van der Waals surface area contributed by atoms with Crippen molar-refractivity contribution in [1.82, 2.24) is 10.2 Å². The number of amides is 1. The Balaban J connectivity index is 1.31. The van der Waals surface area contributed by atoms with Crippen molar-refractivity contribution in [2.24, 2.45) is 5.92 Å². The molecule has 1 N–H and O–H groups in total. The molecule has 7 rings (SSSR count). The quantitative estimate of drug-likeness (QED) is 0.878. The number of carbonyl (C=O) groups excluding carboxylic acids is 1. The van der Waals surface area contributed by atoms with E-state index >= 15 is 0 Å². The Bertz CT molecular complexity index is 900. The van der Waals surface area contributed by atoms with Crippen LogP contribution in [0.25, 0.3) is 10.1 Å². The highest BCUT2D eigenvalue weighted by atomic mass is 32.1. The van der Waals surface area contributed by atoms with Crippen LogP contribution in [0.2, 0.25) is 0 Å². The molecule has 2 saturated carbocycles. The molecule has 2 aromatic rings. The Morgan fingerprint density at radius 1 is 1.19 bits per heavy atom. The first-order valence-electron chi connectivity index (χ1n) is 10.2. The predicted molar refractivity (Wildman–Crippen MR) is 106 cm³/mol. The summed E-state index contributed by atoms with van der Waals surface area (Å²) in [6.07, 6.45) is 7.58. The number of hydrogen-bond acceptors (Lipinski definition) is 3. The number of hydrogen-bond donors (Lipinski definition) is 1. The van der Waals surface area contributed by atoms with Gasteiger partial charge in [0.1, 0.15) is 0 Å². The molecule has 26 heavy (non-hydrogen) atoms. The van der Waals surface area contributed by atoms with Gasteiger partial charge in [-0.25, -0.2) is 0 Å². The van der Waals surface area contributed by atoms with Crippen LogP contribution in [-0.4, -0.2) is 35.5 Å². The maximum absolute atomic E-state index is 13.1. The van der Waals surface area contributed by atoms with Crippen molar-refractivity contribution in [2.45, 2.75) is 62.4 Å². The van der Waals surface area contributed by atoms with Crippen molar-refractivity contribution >= 4 is 27.3 Å². The number of nitrogens with one attached hydrogen (secondary N) is 1. The fraction of sp³-hybridized carbons (Fsp3) is 0.591. The zero-order valence-electron chi connectivity index (χ0n) is 15.4. The van der Waals surface area contributed by atoms with Gasteiger partial charge in [-0.1, -0.05) is 25.1 Å². The molecule has 1 aromatic heterocycles. The number of thiophene rings is 1. The SMILES string of the molecule is CC1(c2cccc3cc(C(=O)N[C@H]4C5CCN(CC5)C45CC5)sc23)CC1. The molecule has 0 unspecified atom stereocenters. The monoisotopic (exact) mass is 366 g/mol. The van der Waals surface area contributed by atoms with Gasteiger partial charge in [-0.2, -0.15) is 0 Å². The summed E-state index contributed by atoms with van der Waals surface area (Å²) in [6, 6.07) is 9.06. The van der Waals surface area contributed by atoms with Crippen molar-refractivity contribution < 1.29 is 4.79 Å². The average Bonchev–Trinajstić information content (AvgIpc) is 3.56. The Morgan fingerprint density at radius 2 is 1.96 bits per heavy atom. The van der Waals surface area contributed by atoms with E-state index in [4.69, 9.17) is 0 Å². The van der Waals surface area contributed by atoms with Crippen LogP contribution in [0.3, 0.4) is 0 Å². The van der Waals surface area contributed by atoms with Gasteiger partial charge in [0, 0.05) is 10.2 Å². The topological polar surface area (TPSA) is 32.3 Å². The largest absolute Gasteiger partial charge is 0.346 e. The minimum atomic E-state index is 0.156.